The zero-order valence-corrected chi connectivity index (χ0v) is 20.9. The Balaban J connectivity index is 1.26. The maximum Gasteiger partial charge on any atom is 0.248 e. The van der Waals surface area contributed by atoms with Gasteiger partial charge in [-0.15, -0.1) is 0 Å². The van der Waals surface area contributed by atoms with Gasteiger partial charge in [-0.3, -0.25) is 4.79 Å². The molecule has 0 bridgehead atoms. The first-order valence-corrected chi connectivity index (χ1v) is 13.4. The number of carbonyl (C=O) groups is 1. The molecule has 1 N–H and O–H groups in total. The Morgan fingerprint density at radius 1 is 1.20 bits per heavy atom. The molecule has 1 aromatic carbocycles. The molecule has 1 aliphatic rings. The lowest BCUT2D eigenvalue weighted by molar-refractivity contribution is -0.120. The molecule has 5 rings (SSSR count). The largest absolute Gasteiger partial charge is 0.465 e. The van der Waals surface area contributed by atoms with Crippen LogP contribution in [-0.2, 0) is 14.8 Å². The first-order chi connectivity index (χ1) is 16.8. The van der Waals surface area contributed by atoms with Gasteiger partial charge in [-0.2, -0.15) is 4.31 Å². The first-order valence-electron chi connectivity index (χ1n) is 11.2. The third-order valence-corrected chi connectivity index (χ3v) is 8.96. The number of furan rings is 1. The predicted octanol–water partition coefficient (Wildman–Crippen LogP) is 4.70. The van der Waals surface area contributed by atoms with Gasteiger partial charge in [0.15, 0.2) is 15.8 Å². The van der Waals surface area contributed by atoms with Crippen LogP contribution in [0.2, 0.25) is 0 Å². The lowest BCUT2D eigenvalue weighted by atomic mass is 9.97. The van der Waals surface area contributed by atoms with Crippen molar-refractivity contribution in [1.82, 2.24) is 14.4 Å². The minimum absolute atomic E-state index is 0.0352. The van der Waals surface area contributed by atoms with E-state index in [1.807, 2.05) is 25.1 Å². The van der Waals surface area contributed by atoms with E-state index in [9.17, 15) is 13.2 Å². The Bertz CT molecular complexity index is 1490. The Morgan fingerprint density at radius 3 is 2.74 bits per heavy atom. The SMILES string of the molecule is Cc1ccc2nc(NC(=O)C3CCN(S(=O)(=O)c4c(C)noc4C=Cc4ccco4)CC3)sc2c1. The summed E-state index contributed by atoms with van der Waals surface area (Å²) in [5, 5.41) is 7.32. The lowest BCUT2D eigenvalue weighted by Gasteiger charge is -2.30. The van der Waals surface area contributed by atoms with Crippen LogP contribution in [-0.4, -0.2) is 41.9 Å². The molecule has 0 atom stereocenters. The van der Waals surface area contributed by atoms with Crippen molar-refractivity contribution in [2.45, 2.75) is 31.6 Å². The van der Waals surface area contributed by atoms with Crippen LogP contribution in [0.4, 0.5) is 5.13 Å². The van der Waals surface area contributed by atoms with Gasteiger partial charge in [0.25, 0.3) is 0 Å². The highest BCUT2D eigenvalue weighted by Gasteiger charge is 2.36. The highest BCUT2D eigenvalue weighted by atomic mass is 32.2. The van der Waals surface area contributed by atoms with Crippen molar-refractivity contribution in [2.24, 2.45) is 5.92 Å². The Labute approximate surface area is 206 Å². The number of hydrogen-bond donors (Lipinski definition) is 1. The van der Waals surface area contributed by atoms with Gasteiger partial charge in [-0.05, 0) is 68.7 Å². The van der Waals surface area contributed by atoms with E-state index in [1.54, 1.807) is 25.1 Å². The summed E-state index contributed by atoms with van der Waals surface area (Å²) in [4.78, 5) is 17.4. The summed E-state index contributed by atoms with van der Waals surface area (Å²) >= 11 is 1.43. The monoisotopic (exact) mass is 512 g/mol. The van der Waals surface area contributed by atoms with Crippen LogP contribution in [0.5, 0.6) is 0 Å². The number of hydrogen-bond acceptors (Lipinski definition) is 8. The van der Waals surface area contributed by atoms with Gasteiger partial charge in [-0.25, -0.2) is 13.4 Å². The molecule has 182 valence electrons. The van der Waals surface area contributed by atoms with Crippen LogP contribution >= 0.6 is 11.3 Å². The molecule has 9 nitrogen and oxygen atoms in total. The van der Waals surface area contributed by atoms with E-state index in [-0.39, 0.29) is 41.3 Å². The highest BCUT2D eigenvalue weighted by molar-refractivity contribution is 7.89. The van der Waals surface area contributed by atoms with Crippen LogP contribution in [0.15, 0.2) is 50.4 Å². The Morgan fingerprint density at radius 2 is 2.00 bits per heavy atom. The minimum atomic E-state index is -3.85. The quantitative estimate of drug-likeness (QED) is 0.398. The fourth-order valence-corrected chi connectivity index (χ4v) is 6.81. The highest BCUT2D eigenvalue weighted by Crippen LogP contribution is 2.31. The first kappa shape index (κ1) is 23.5. The van der Waals surface area contributed by atoms with Crippen LogP contribution in [0.3, 0.4) is 0 Å². The number of aromatic nitrogens is 2. The number of nitrogens with zero attached hydrogens (tertiary/aromatic N) is 3. The molecule has 1 saturated heterocycles. The summed E-state index contributed by atoms with van der Waals surface area (Å²) in [5.41, 5.74) is 2.27. The molecule has 1 amide bonds. The third kappa shape index (κ3) is 4.79. The van der Waals surface area contributed by atoms with Gasteiger partial charge in [0.2, 0.25) is 15.9 Å². The van der Waals surface area contributed by atoms with Crippen LogP contribution < -0.4 is 5.32 Å². The summed E-state index contributed by atoms with van der Waals surface area (Å²) in [6.45, 7) is 4.07. The van der Waals surface area contributed by atoms with E-state index in [2.05, 4.69) is 15.5 Å². The average molecular weight is 513 g/mol. The standard InChI is InChI=1S/C24H24N4O5S2/c1-15-5-7-19-21(14-15)34-24(25-19)26-23(29)17-9-11-28(12-10-17)35(30,31)22-16(2)27-33-20(22)8-6-18-4-3-13-32-18/h3-8,13-14,17H,9-12H2,1-2H3,(H,25,26,29). The number of rotatable bonds is 6. The fraction of sp³-hybridized carbons (Fsp3) is 0.292. The number of nitrogens with one attached hydrogen (secondary N) is 1. The number of amides is 1. The molecule has 3 aromatic heterocycles. The maximum atomic E-state index is 13.4. The fourth-order valence-electron chi connectivity index (χ4n) is 4.12. The minimum Gasteiger partial charge on any atom is -0.465 e. The van der Waals surface area contributed by atoms with E-state index in [0.717, 1.165) is 15.8 Å². The van der Waals surface area contributed by atoms with Crippen LogP contribution in [0.25, 0.3) is 22.4 Å². The summed E-state index contributed by atoms with van der Waals surface area (Å²) in [7, 11) is -3.85. The molecule has 0 aliphatic carbocycles. The molecule has 0 unspecified atom stereocenters. The number of anilines is 1. The summed E-state index contributed by atoms with van der Waals surface area (Å²) in [6.07, 6.45) is 5.51. The molecule has 0 spiro atoms. The van der Waals surface area contributed by atoms with Gasteiger partial charge < -0.3 is 14.3 Å². The van der Waals surface area contributed by atoms with E-state index in [4.69, 9.17) is 8.94 Å². The zero-order valence-electron chi connectivity index (χ0n) is 19.2. The molecule has 4 heterocycles. The maximum absolute atomic E-state index is 13.4. The Kier molecular flexibility index (Phi) is 6.30. The topological polar surface area (TPSA) is 119 Å². The summed E-state index contributed by atoms with van der Waals surface area (Å²) in [6, 6.07) is 9.45. The summed E-state index contributed by atoms with van der Waals surface area (Å²) < 4.78 is 39.7. The van der Waals surface area contributed by atoms with E-state index in [0.29, 0.717) is 23.7 Å². The number of sulfonamides is 1. The van der Waals surface area contributed by atoms with Gasteiger partial charge in [-0.1, -0.05) is 22.6 Å². The number of aryl methyl sites for hydroxylation is 2. The van der Waals surface area contributed by atoms with Crippen molar-refractivity contribution in [3.8, 4) is 0 Å². The molecular weight excluding hydrogens is 488 g/mol. The smallest absolute Gasteiger partial charge is 0.248 e. The van der Waals surface area contributed by atoms with Gasteiger partial charge in [0, 0.05) is 19.0 Å². The predicted molar refractivity (Wildman–Crippen MR) is 133 cm³/mol. The van der Waals surface area contributed by atoms with Crippen molar-refractivity contribution in [3.63, 3.8) is 0 Å². The second-order valence-electron chi connectivity index (χ2n) is 8.47. The van der Waals surface area contributed by atoms with Crippen molar-refractivity contribution in [1.29, 1.82) is 0 Å². The molecule has 1 aliphatic heterocycles. The van der Waals surface area contributed by atoms with Crippen molar-refractivity contribution in [3.05, 3.63) is 59.4 Å². The third-order valence-electron chi connectivity index (χ3n) is 5.97. The van der Waals surface area contributed by atoms with Gasteiger partial charge >= 0.3 is 0 Å². The molecule has 1 fully saturated rings. The van der Waals surface area contributed by atoms with Crippen molar-refractivity contribution in [2.75, 3.05) is 18.4 Å². The van der Waals surface area contributed by atoms with Crippen LogP contribution in [0.1, 0.15) is 35.6 Å². The number of benzene rings is 1. The molecule has 0 radical (unpaired) electrons. The van der Waals surface area contributed by atoms with Gasteiger partial charge in [0.05, 0.1) is 16.5 Å². The zero-order chi connectivity index (χ0) is 24.6. The molecule has 4 aromatic rings. The van der Waals surface area contributed by atoms with E-state index < -0.39 is 10.0 Å². The van der Waals surface area contributed by atoms with E-state index >= 15 is 0 Å². The molecular formula is C24H24N4O5S2. The normalized spacial score (nSPS) is 15.8. The molecule has 0 saturated carbocycles. The van der Waals surface area contributed by atoms with Crippen LogP contribution in [0, 0.1) is 19.8 Å². The summed E-state index contributed by atoms with van der Waals surface area (Å²) in [5.74, 6) is 0.278. The number of thiazole rings is 1. The molecule has 11 heteroatoms. The molecule has 35 heavy (non-hydrogen) atoms. The van der Waals surface area contributed by atoms with Gasteiger partial charge in [0.1, 0.15) is 11.5 Å². The van der Waals surface area contributed by atoms with E-state index in [1.165, 1.54) is 28.0 Å². The van der Waals surface area contributed by atoms with Crippen molar-refractivity contribution >= 4 is 54.8 Å². The van der Waals surface area contributed by atoms with Crippen molar-refractivity contribution < 1.29 is 22.2 Å². The lowest BCUT2D eigenvalue weighted by Crippen LogP contribution is -2.41. The number of carbonyl (C=O) groups excluding carboxylic acids is 1. The second-order valence-corrected chi connectivity index (χ2v) is 11.4. The number of fused-ring (bicyclic) bond motifs is 1. The second kappa shape index (κ2) is 9.40. The number of piperidine rings is 1. The Hall–Kier alpha value is -3.28. The average Bonchev–Trinajstić information content (AvgIpc) is 3.57.